The summed E-state index contributed by atoms with van der Waals surface area (Å²) in [5.74, 6) is -2.34. The van der Waals surface area contributed by atoms with Gasteiger partial charge in [-0.3, -0.25) is 14.6 Å². The molecule has 1 unspecified atom stereocenters. The summed E-state index contributed by atoms with van der Waals surface area (Å²) in [4.78, 5) is 31.2. The summed E-state index contributed by atoms with van der Waals surface area (Å²) in [7, 11) is 0. The molecule has 0 aliphatic carbocycles. The lowest BCUT2D eigenvalue weighted by Crippen LogP contribution is -2.42. The van der Waals surface area contributed by atoms with E-state index in [1.807, 2.05) is 0 Å². The van der Waals surface area contributed by atoms with Gasteiger partial charge in [-0.2, -0.15) is 0 Å². The van der Waals surface area contributed by atoms with Crippen molar-refractivity contribution in [1.29, 1.82) is 0 Å². The third-order valence-corrected chi connectivity index (χ3v) is 7.65. The minimum absolute atomic E-state index is 0.0917. The number of imide groups is 1. The van der Waals surface area contributed by atoms with E-state index in [1.54, 1.807) is 51.1 Å². The molecular formula is C25H22BrF2N3O3S. The van der Waals surface area contributed by atoms with Crippen LogP contribution in [0, 0.1) is 11.6 Å². The molecule has 1 N–H and O–H groups in total. The second-order valence-electron chi connectivity index (χ2n) is 9.09. The van der Waals surface area contributed by atoms with Crippen molar-refractivity contribution in [2.45, 2.75) is 38.0 Å². The molecule has 1 aromatic heterocycles. The number of halogens is 3. The Kier molecular flexibility index (Phi) is 7.10. The van der Waals surface area contributed by atoms with Crippen LogP contribution in [0.3, 0.4) is 0 Å². The zero-order valence-electron chi connectivity index (χ0n) is 19.1. The van der Waals surface area contributed by atoms with Gasteiger partial charge in [-0.1, -0.05) is 12.1 Å². The Morgan fingerprint density at radius 2 is 1.63 bits per heavy atom. The van der Waals surface area contributed by atoms with E-state index in [4.69, 9.17) is 0 Å². The molecule has 0 bridgehead atoms. The third-order valence-electron chi connectivity index (χ3n) is 5.41. The predicted octanol–water partition coefficient (Wildman–Crippen LogP) is 5.26. The van der Waals surface area contributed by atoms with Gasteiger partial charge in [0, 0.05) is 21.9 Å². The van der Waals surface area contributed by atoms with Crippen LogP contribution in [0.2, 0.25) is 0 Å². The molecule has 0 saturated carbocycles. The average molecular weight is 562 g/mol. The topological polar surface area (TPSA) is 85.4 Å². The number of carbonyl (C=O) groups excluding carboxylic acids is 2. The van der Waals surface area contributed by atoms with Gasteiger partial charge in [0.2, 0.25) is 0 Å². The maximum absolute atomic E-state index is 13.8. The van der Waals surface area contributed by atoms with E-state index in [9.17, 15) is 22.9 Å². The number of amides is 2. The number of benzene rings is 2. The number of pyridine rings is 1. The number of hydrogen-bond donors (Lipinski definition) is 1. The Labute approximate surface area is 213 Å². The summed E-state index contributed by atoms with van der Waals surface area (Å²) >= 11 is 1.93. The first-order valence-electron chi connectivity index (χ1n) is 10.7. The molecule has 0 fully saturated rings. The molecule has 0 radical (unpaired) electrons. The summed E-state index contributed by atoms with van der Waals surface area (Å²) in [5.41, 5.74) is 1.65. The van der Waals surface area contributed by atoms with Crippen LogP contribution in [-0.2, 0) is 17.8 Å². The van der Waals surface area contributed by atoms with Gasteiger partial charge in [0.25, 0.3) is 11.8 Å². The van der Waals surface area contributed by atoms with Crippen LogP contribution in [0.25, 0.3) is 0 Å². The lowest BCUT2D eigenvalue weighted by molar-refractivity contribution is 0.0926. The number of anilines is 1. The SMILES string of the molecule is CC(C)(C)[S+]([O-])N[C@@H](Cc1cc(F)cc(F)c1)c1ncc(N2C(=O)c3ccccc3C2=O)cc1Br. The van der Waals surface area contributed by atoms with E-state index in [1.165, 1.54) is 18.3 Å². The minimum Gasteiger partial charge on any atom is -0.598 e. The first-order valence-corrected chi connectivity index (χ1v) is 12.7. The Balaban J connectivity index is 1.68. The number of nitrogens with one attached hydrogen (secondary N) is 1. The highest BCUT2D eigenvalue weighted by Crippen LogP contribution is 2.33. The second-order valence-corrected chi connectivity index (χ2v) is 11.9. The maximum Gasteiger partial charge on any atom is 0.266 e. The Morgan fingerprint density at radius 1 is 1.06 bits per heavy atom. The van der Waals surface area contributed by atoms with Crippen LogP contribution >= 0.6 is 15.9 Å². The van der Waals surface area contributed by atoms with Crippen LogP contribution in [0.15, 0.2) is 59.2 Å². The fraction of sp³-hybridized carbons (Fsp3) is 0.240. The molecule has 2 amide bonds. The number of carbonyl (C=O) groups is 2. The second kappa shape index (κ2) is 9.77. The van der Waals surface area contributed by atoms with E-state index in [0.29, 0.717) is 26.9 Å². The summed E-state index contributed by atoms with van der Waals surface area (Å²) < 4.78 is 43.3. The van der Waals surface area contributed by atoms with Gasteiger partial charge >= 0.3 is 0 Å². The van der Waals surface area contributed by atoms with Gasteiger partial charge in [-0.25, -0.2) is 13.7 Å². The molecule has 1 aliphatic heterocycles. The molecule has 2 aromatic carbocycles. The highest BCUT2D eigenvalue weighted by Gasteiger charge is 2.37. The Bertz CT molecular complexity index is 1260. The zero-order chi connectivity index (χ0) is 25.5. The number of nitrogens with zero attached hydrogens (tertiary/aromatic N) is 2. The fourth-order valence-electron chi connectivity index (χ4n) is 3.71. The van der Waals surface area contributed by atoms with Crippen LogP contribution < -0.4 is 9.62 Å². The molecule has 2 heterocycles. The molecule has 1 aliphatic rings. The van der Waals surface area contributed by atoms with Crippen molar-refractivity contribution < 1.29 is 22.9 Å². The maximum atomic E-state index is 13.8. The van der Waals surface area contributed by atoms with Crippen molar-refractivity contribution in [2.75, 3.05) is 4.90 Å². The van der Waals surface area contributed by atoms with Gasteiger partial charge < -0.3 is 4.55 Å². The summed E-state index contributed by atoms with van der Waals surface area (Å²) in [6.07, 6.45) is 1.47. The lowest BCUT2D eigenvalue weighted by Gasteiger charge is -2.28. The molecule has 35 heavy (non-hydrogen) atoms. The fourth-order valence-corrected chi connectivity index (χ4v) is 5.13. The molecule has 0 saturated heterocycles. The van der Waals surface area contributed by atoms with E-state index >= 15 is 0 Å². The first-order chi connectivity index (χ1) is 16.5. The monoisotopic (exact) mass is 561 g/mol. The first kappa shape index (κ1) is 25.4. The lowest BCUT2D eigenvalue weighted by atomic mass is 10.0. The summed E-state index contributed by atoms with van der Waals surface area (Å²) in [6, 6.07) is 10.6. The van der Waals surface area contributed by atoms with Crippen molar-refractivity contribution in [1.82, 2.24) is 9.71 Å². The predicted molar refractivity (Wildman–Crippen MR) is 133 cm³/mol. The van der Waals surface area contributed by atoms with Gasteiger partial charge in [-0.05, 0) is 79.0 Å². The van der Waals surface area contributed by atoms with Crippen molar-refractivity contribution in [2.24, 2.45) is 0 Å². The number of aromatic nitrogens is 1. The van der Waals surface area contributed by atoms with Crippen LogP contribution in [-0.4, -0.2) is 26.1 Å². The van der Waals surface area contributed by atoms with E-state index < -0.39 is 45.6 Å². The highest BCUT2D eigenvalue weighted by molar-refractivity contribution is 9.10. The number of fused-ring (bicyclic) bond motifs is 1. The summed E-state index contributed by atoms with van der Waals surface area (Å²) in [5, 5.41) is 0. The van der Waals surface area contributed by atoms with Crippen molar-refractivity contribution in [3.63, 3.8) is 0 Å². The van der Waals surface area contributed by atoms with E-state index in [2.05, 4.69) is 25.6 Å². The molecule has 4 rings (SSSR count). The third kappa shape index (κ3) is 5.30. The summed E-state index contributed by atoms with van der Waals surface area (Å²) in [6.45, 7) is 5.38. The Morgan fingerprint density at radius 3 is 2.14 bits per heavy atom. The van der Waals surface area contributed by atoms with Crippen LogP contribution in [0.5, 0.6) is 0 Å². The van der Waals surface area contributed by atoms with Crippen LogP contribution in [0.4, 0.5) is 14.5 Å². The molecule has 10 heteroatoms. The molecular weight excluding hydrogens is 540 g/mol. The molecule has 6 nitrogen and oxygen atoms in total. The van der Waals surface area contributed by atoms with Crippen molar-refractivity contribution >= 4 is 44.8 Å². The average Bonchev–Trinajstić information content (AvgIpc) is 3.02. The number of rotatable bonds is 6. The van der Waals surface area contributed by atoms with Crippen molar-refractivity contribution in [3.8, 4) is 0 Å². The molecule has 0 spiro atoms. The quantitative estimate of drug-likeness (QED) is 0.328. The smallest absolute Gasteiger partial charge is 0.266 e. The van der Waals surface area contributed by atoms with Gasteiger partial charge in [0.1, 0.15) is 16.4 Å². The molecule has 182 valence electrons. The van der Waals surface area contributed by atoms with Gasteiger partial charge in [0.15, 0.2) is 0 Å². The van der Waals surface area contributed by atoms with E-state index in [0.717, 1.165) is 11.0 Å². The largest absolute Gasteiger partial charge is 0.598 e. The zero-order valence-corrected chi connectivity index (χ0v) is 21.5. The normalized spacial score (nSPS) is 15.3. The van der Waals surface area contributed by atoms with Crippen LogP contribution in [0.1, 0.15) is 58.8 Å². The Hall–Kier alpha value is -2.66. The highest BCUT2D eigenvalue weighted by atomic mass is 79.9. The standard InChI is InChI=1S/C25H22BrF2N3O3S/c1-25(2,3)35(34)30-21(10-14-8-15(27)11-16(28)9-14)22-20(26)12-17(13-29-22)31-23(32)18-6-4-5-7-19(18)24(31)33/h4-9,11-13,21,30H,10H2,1-3H3/t21-,35?/m0/s1. The number of hydrogen-bond acceptors (Lipinski definition) is 5. The van der Waals surface area contributed by atoms with Gasteiger partial charge in [-0.15, -0.1) is 4.72 Å². The van der Waals surface area contributed by atoms with Crippen molar-refractivity contribution in [3.05, 3.63) is 93.2 Å². The van der Waals surface area contributed by atoms with Gasteiger partial charge in [0.05, 0.1) is 34.7 Å². The van der Waals surface area contributed by atoms with E-state index in [-0.39, 0.29) is 12.1 Å². The molecule has 2 atom stereocenters. The molecule has 3 aromatic rings. The minimum atomic E-state index is -1.52.